The molecule has 4 aliphatic heterocycles. The summed E-state index contributed by atoms with van der Waals surface area (Å²) in [5.74, 6) is -0.449. The maximum absolute atomic E-state index is 15.1. The van der Waals surface area contributed by atoms with Crippen molar-refractivity contribution in [2.45, 2.75) is 145 Å². The highest BCUT2D eigenvalue weighted by molar-refractivity contribution is 7.91. The summed E-state index contributed by atoms with van der Waals surface area (Å²) >= 11 is 0. The number of ether oxygens (including phenoxy) is 4. The van der Waals surface area contributed by atoms with Crippen molar-refractivity contribution in [3.05, 3.63) is 41.6 Å². The molecule has 1 aromatic carbocycles. The fraction of sp³-hybridized carbons (Fsp3) is 0.694. The first-order valence-corrected chi connectivity index (χ1v) is 25.9. The predicted octanol–water partition coefficient (Wildman–Crippen LogP) is 4.91. The van der Waals surface area contributed by atoms with Gasteiger partial charge in [-0.1, -0.05) is 31.9 Å². The standard InChI is InChI=1S/C49H65N5O10S/c1-3-39-43-37(38-27-35(11-12-40(38)50-39)62-22-19-53-17-20-61-21-18-53)13-14-48(64-43)29-41-44(56)51-49(46(58)52-65(59,60)47(2)15-16-47)28-34(49)10-8-6-4-5-7-9-31(45(57)54(41)30-48)26-42(55)63-36-24-32-23-33(32)25-36/h8,10-12,27,31-34,36,41H,3-7,9,13-26,28-30H2,1-2H3,(H,51,56)(H,52,58)/b10-8-/t31-,32-,33+,34-,36?,41+,48-,49-/m1/s1. The summed E-state index contributed by atoms with van der Waals surface area (Å²) in [6.45, 7) is 8.31. The maximum Gasteiger partial charge on any atom is 0.306 e. The van der Waals surface area contributed by atoms with E-state index >= 15 is 4.79 Å². The van der Waals surface area contributed by atoms with Crippen LogP contribution in [-0.4, -0.2) is 121 Å². The molecule has 1 unspecified atom stereocenters. The van der Waals surface area contributed by atoms with Crippen molar-refractivity contribution in [3.63, 3.8) is 0 Å². The van der Waals surface area contributed by atoms with Crippen molar-refractivity contribution in [2.75, 3.05) is 46.0 Å². The number of amides is 3. The number of allylic oxidation sites excluding steroid dienone is 1. The average molecular weight is 916 g/mol. The highest BCUT2D eigenvalue weighted by atomic mass is 32.2. The van der Waals surface area contributed by atoms with Gasteiger partial charge >= 0.3 is 5.97 Å². The van der Waals surface area contributed by atoms with Crippen molar-refractivity contribution >= 4 is 44.6 Å². The van der Waals surface area contributed by atoms with E-state index in [1.165, 1.54) is 6.42 Å². The van der Waals surface area contributed by atoms with Crippen LogP contribution in [0, 0.1) is 23.7 Å². The van der Waals surface area contributed by atoms with Gasteiger partial charge in [-0.05, 0) is 114 Å². The van der Waals surface area contributed by atoms with E-state index in [1.54, 1.807) is 11.8 Å². The molecule has 15 nitrogen and oxygen atoms in total. The molecule has 2 aromatic rings. The second-order valence-electron chi connectivity index (χ2n) is 20.6. The molecule has 4 saturated carbocycles. The number of sulfonamides is 1. The number of benzene rings is 1. The minimum atomic E-state index is -3.99. The Morgan fingerprint density at radius 1 is 1.03 bits per heavy atom. The lowest BCUT2D eigenvalue weighted by Gasteiger charge is -2.37. The number of nitrogens with zero attached hydrogens (tertiary/aromatic N) is 3. The minimum absolute atomic E-state index is 0.0795. The van der Waals surface area contributed by atoms with E-state index in [-0.39, 0.29) is 43.8 Å². The van der Waals surface area contributed by atoms with Crippen LogP contribution in [0.15, 0.2) is 30.4 Å². The number of rotatable bonds is 11. The van der Waals surface area contributed by atoms with Crippen LogP contribution in [0.1, 0.15) is 115 Å². The normalized spacial score (nSPS) is 33.5. The first-order valence-electron chi connectivity index (χ1n) is 24.4. The summed E-state index contributed by atoms with van der Waals surface area (Å²) in [4.78, 5) is 66.8. The van der Waals surface area contributed by atoms with E-state index in [1.807, 2.05) is 37.3 Å². The maximum atomic E-state index is 15.1. The molecule has 5 heterocycles. The molecule has 0 bridgehead atoms. The molecule has 6 fully saturated rings. The molecular weight excluding hydrogens is 851 g/mol. The molecule has 8 atom stereocenters. The van der Waals surface area contributed by atoms with Gasteiger partial charge in [0.25, 0.3) is 5.91 Å². The van der Waals surface area contributed by atoms with Crippen LogP contribution < -0.4 is 19.5 Å². The van der Waals surface area contributed by atoms with Crippen molar-refractivity contribution in [3.8, 4) is 11.5 Å². The summed E-state index contributed by atoms with van der Waals surface area (Å²) < 4.78 is 52.9. The van der Waals surface area contributed by atoms with Crippen LogP contribution in [0.25, 0.3) is 10.9 Å². The summed E-state index contributed by atoms with van der Waals surface area (Å²) in [6.07, 6.45) is 13.2. The Labute approximate surface area is 382 Å². The smallest absolute Gasteiger partial charge is 0.306 e. The number of aromatic nitrogens is 1. The van der Waals surface area contributed by atoms with Crippen molar-refractivity contribution in [2.24, 2.45) is 23.7 Å². The molecule has 2 N–H and O–H groups in total. The van der Waals surface area contributed by atoms with E-state index in [9.17, 15) is 22.8 Å². The van der Waals surface area contributed by atoms with Gasteiger partial charge in [0, 0.05) is 48.8 Å². The van der Waals surface area contributed by atoms with Gasteiger partial charge in [0.1, 0.15) is 41.4 Å². The number of fused-ring (bicyclic) bond motifs is 6. The third-order valence-corrected chi connectivity index (χ3v) is 18.1. The lowest BCUT2D eigenvalue weighted by molar-refractivity contribution is -0.154. The molecule has 10 rings (SSSR count). The Balaban J connectivity index is 0.941. The van der Waals surface area contributed by atoms with Gasteiger partial charge in [0.05, 0.1) is 42.1 Å². The van der Waals surface area contributed by atoms with E-state index < -0.39 is 55.6 Å². The Hall–Kier alpha value is -4.28. The molecule has 2 saturated heterocycles. The van der Waals surface area contributed by atoms with E-state index in [0.29, 0.717) is 62.7 Å². The number of carbonyl (C=O) groups is 4. The van der Waals surface area contributed by atoms with Gasteiger partial charge in [-0.25, -0.2) is 13.4 Å². The zero-order chi connectivity index (χ0) is 45.1. The van der Waals surface area contributed by atoms with E-state index in [2.05, 4.69) is 14.9 Å². The topological polar surface area (TPSA) is 183 Å². The fourth-order valence-corrected chi connectivity index (χ4v) is 12.7. The monoisotopic (exact) mass is 915 g/mol. The first-order chi connectivity index (χ1) is 31.3. The van der Waals surface area contributed by atoms with Crippen LogP contribution in [0.3, 0.4) is 0 Å². The molecule has 1 aromatic heterocycles. The van der Waals surface area contributed by atoms with Gasteiger partial charge in [-0.15, -0.1) is 0 Å². The molecule has 8 aliphatic rings. The molecule has 3 amide bonds. The number of hydrogen-bond acceptors (Lipinski definition) is 12. The molecule has 65 heavy (non-hydrogen) atoms. The number of carbonyl (C=O) groups excluding carboxylic acids is 4. The third-order valence-electron chi connectivity index (χ3n) is 16.0. The number of nitrogens with one attached hydrogen (secondary N) is 2. The largest absolute Gasteiger partial charge is 0.492 e. The summed E-state index contributed by atoms with van der Waals surface area (Å²) in [7, 11) is -3.99. The second kappa shape index (κ2) is 17.4. The number of esters is 1. The zero-order valence-electron chi connectivity index (χ0n) is 37.9. The van der Waals surface area contributed by atoms with Gasteiger partial charge in [-0.3, -0.25) is 28.8 Å². The predicted molar refractivity (Wildman–Crippen MR) is 240 cm³/mol. The van der Waals surface area contributed by atoms with Gasteiger partial charge in [-0.2, -0.15) is 0 Å². The quantitative estimate of drug-likeness (QED) is 0.230. The van der Waals surface area contributed by atoms with Crippen LogP contribution >= 0.6 is 0 Å². The van der Waals surface area contributed by atoms with Crippen molar-refractivity contribution in [1.82, 2.24) is 24.8 Å². The zero-order valence-corrected chi connectivity index (χ0v) is 38.8. The number of hydrogen-bond donors (Lipinski definition) is 2. The highest BCUT2D eigenvalue weighted by Gasteiger charge is 2.64. The van der Waals surface area contributed by atoms with Crippen molar-refractivity contribution < 1.29 is 46.5 Å². The highest BCUT2D eigenvalue weighted by Crippen LogP contribution is 2.53. The number of pyridine rings is 1. The van der Waals surface area contributed by atoms with E-state index in [4.69, 9.17) is 23.9 Å². The van der Waals surface area contributed by atoms with Crippen LogP contribution in [-0.2, 0) is 51.5 Å². The SMILES string of the molecule is CCc1nc2ccc(OCCN3CCOCC3)cc2c2c1O[C@]1(CC2)C[C@H]2C(=O)N[C@]3(C(=O)NS(=O)(=O)C4(C)CC4)C[C@H]3/C=C\CCCCC[C@H](CC(=O)OC3C[C@@H]4C[C@@H]4C3)C(=O)N2C1. The summed E-state index contributed by atoms with van der Waals surface area (Å²) in [5.41, 5.74) is 0.164. The van der Waals surface area contributed by atoms with Crippen LogP contribution in [0.5, 0.6) is 11.5 Å². The molecule has 4 aliphatic carbocycles. The number of morpholine rings is 1. The molecular formula is C49H65N5O10S. The summed E-state index contributed by atoms with van der Waals surface area (Å²) in [5, 5.41) is 3.96. The van der Waals surface area contributed by atoms with E-state index in [0.717, 1.165) is 99.3 Å². The Morgan fingerprint density at radius 2 is 1.83 bits per heavy atom. The second-order valence-corrected chi connectivity index (χ2v) is 22.8. The average Bonchev–Trinajstić information content (AvgIpc) is 4.25. The number of aryl methyl sites for hydroxylation is 2. The Morgan fingerprint density at radius 3 is 2.60 bits per heavy atom. The van der Waals surface area contributed by atoms with Crippen molar-refractivity contribution in [1.29, 1.82) is 0 Å². The molecule has 0 radical (unpaired) electrons. The Kier molecular flexibility index (Phi) is 11.9. The Bertz CT molecular complexity index is 2350. The van der Waals surface area contributed by atoms with Gasteiger partial charge < -0.3 is 29.2 Å². The first kappa shape index (κ1) is 44.6. The molecule has 352 valence electrons. The van der Waals surface area contributed by atoms with Crippen LogP contribution in [0.4, 0.5) is 0 Å². The molecule has 1 spiro atoms. The lowest BCUT2D eigenvalue weighted by Crippen LogP contribution is -2.57. The van der Waals surface area contributed by atoms with Gasteiger partial charge in [0.15, 0.2) is 0 Å². The minimum Gasteiger partial charge on any atom is -0.492 e. The fourth-order valence-electron chi connectivity index (χ4n) is 11.3. The lowest BCUT2D eigenvalue weighted by atomic mass is 9.87. The summed E-state index contributed by atoms with van der Waals surface area (Å²) in [6, 6.07) is 4.92. The van der Waals surface area contributed by atoms with Crippen LogP contribution in [0.2, 0.25) is 0 Å². The molecule has 16 heteroatoms. The third kappa shape index (κ3) is 9.00. The van der Waals surface area contributed by atoms with Gasteiger partial charge in [0.2, 0.25) is 21.8 Å².